The second-order valence-corrected chi connectivity index (χ2v) is 5.55. The molecule has 1 aromatic carbocycles. The first-order valence-electron chi connectivity index (χ1n) is 7.12. The van der Waals surface area contributed by atoms with Gasteiger partial charge < -0.3 is 4.90 Å². The Labute approximate surface area is 137 Å². The van der Waals surface area contributed by atoms with Crippen molar-refractivity contribution in [3.63, 3.8) is 0 Å². The van der Waals surface area contributed by atoms with Crippen molar-refractivity contribution in [1.82, 2.24) is 4.90 Å². The van der Waals surface area contributed by atoms with Crippen LogP contribution in [0.25, 0.3) is 10.4 Å². The second kappa shape index (κ2) is 7.22. The monoisotopic (exact) mass is 366 g/mol. The van der Waals surface area contributed by atoms with Crippen molar-refractivity contribution in [3.8, 4) is 0 Å². The molecule has 0 bridgehead atoms. The largest absolute Gasteiger partial charge is 0.304 e. The van der Waals surface area contributed by atoms with Crippen LogP contribution in [0.5, 0.6) is 0 Å². The van der Waals surface area contributed by atoms with Crippen LogP contribution in [0.1, 0.15) is 24.8 Å². The molecule has 11 heteroatoms. The molecule has 136 valence electrons. The molecule has 0 saturated carbocycles. The highest BCUT2D eigenvalue weighted by atomic mass is 19.3. The molecule has 2 rings (SSSR count). The summed E-state index contributed by atoms with van der Waals surface area (Å²) in [6.07, 6.45) is -7.01. The molecular formula is C14H12F6N4O. The fourth-order valence-electron chi connectivity index (χ4n) is 2.96. The third-order valence-corrected chi connectivity index (χ3v) is 4.12. The molecule has 0 aromatic heterocycles. The molecule has 4 unspecified atom stereocenters. The Kier molecular flexibility index (Phi) is 5.46. The lowest BCUT2D eigenvalue weighted by atomic mass is 9.81. The molecule has 4 atom stereocenters. The summed E-state index contributed by atoms with van der Waals surface area (Å²) in [5.41, 5.74) is 7.93. The number of alkyl halides is 3. The predicted molar refractivity (Wildman–Crippen MR) is 73.8 cm³/mol. The van der Waals surface area contributed by atoms with Gasteiger partial charge in [-0.1, -0.05) is 5.11 Å². The quantitative estimate of drug-likeness (QED) is 0.198. The van der Waals surface area contributed by atoms with Crippen molar-refractivity contribution < 1.29 is 31.1 Å². The number of hydrogen-bond acceptors (Lipinski definition) is 2. The number of amides is 1. The lowest BCUT2D eigenvalue weighted by Crippen LogP contribution is -2.56. The smallest absolute Gasteiger partial charge is 0.287 e. The summed E-state index contributed by atoms with van der Waals surface area (Å²) in [4.78, 5) is 14.6. The van der Waals surface area contributed by atoms with Crippen molar-refractivity contribution >= 4 is 5.91 Å². The van der Waals surface area contributed by atoms with E-state index < -0.39 is 66.1 Å². The molecule has 1 aliphatic heterocycles. The topological polar surface area (TPSA) is 69.1 Å². The van der Waals surface area contributed by atoms with E-state index >= 15 is 0 Å². The van der Waals surface area contributed by atoms with Gasteiger partial charge in [-0.2, -0.15) is 0 Å². The van der Waals surface area contributed by atoms with Crippen LogP contribution in [-0.2, 0) is 4.79 Å². The number of hydrogen-bond donors (Lipinski definition) is 0. The van der Waals surface area contributed by atoms with Crippen molar-refractivity contribution in [1.29, 1.82) is 0 Å². The molecule has 0 N–H and O–H groups in total. The van der Waals surface area contributed by atoms with E-state index in [0.29, 0.717) is 6.07 Å². The van der Waals surface area contributed by atoms with Gasteiger partial charge in [-0.3, -0.25) is 4.79 Å². The molecule has 1 aliphatic rings. The fourth-order valence-corrected chi connectivity index (χ4v) is 2.96. The van der Waals surface area contributed by atoms with E-state index in [1.165, 1.54) is 0 Å². The molecule has 5 nitrogen and oxygen atoms in total. The normalized spacial score (nSPS) is 25.0. The van der Waals surface area contributed by atoms with Gasteiger partial charge in [-0.25, -0.2) is 26.3 Å². The van der Waals surface area contributed by atoms with Crippen LogP contribution in [0.4, 0.5) is 26.3 Å². The highest BCUT2D eigenvalue weighted by Crippen LogP contribution is 2.38. The first-order chi connectivity index (χ1) is 11.7. The number of piperidine rings is 1. The average Bonchev–Trinajstić information content (AvgIpc) is 2.53. The van der Waals surface area contributed by atoms with Crippen LogP contribution in [0.15, 0.2) is 17.2 Å². The second-order valence-electron chi connectivity index (χ2n) is 5.55. The first kappa shape index (κ1) is 18.9. The third kappa shape index (κ3) is 3.51. The molecule has 1 fully saturated rings. The van der Waals surface area contributed by atoms with Crippen LogP contribution in [0.2, 0.25) is 0 Å². The number of likely N-dealkylation sites (tertiary alicyclic amines) is 1. The zero-order valence-corrected chi connectivity index (χ0v) is 12.7. The van der Waals surface area contributed by atoms with Gasteiger partial charge in [0.25, 0.3) is 6.43 Å². The summed E-state index contributed by atoms with van der Waals surface area (Å²) in [6.45, 7) is 1.14. The first-order valence-corrected chi connectivity index (χ1v) is 7.12. The molecule has 1 amide bonds. The van der Waals surface area contributed by atoms with Gasteiger partial charge in [0.05, 0.1) is 0 Å². The van der Waals surface area contributed by atoms with Crippen LogP contribution in [0.3, 0.4) is 0 Å². The Hall–Kier alpha value is -2.42. The van der Waals surface area contributed by atoms with Crippen molar-refractivity contribution in [2.24, 2.45) is 5.11 Å². The predicted octanol–water partition coefficient (Wildman–Crippen LogP) is 4.05. The van der Waals surface area contributed by atoms with E-state index in [-0.39, 0.29) is 11.0 Å². The van der Waals surface area contributed by atoms with Crippen LogP contribution in [-0.4, -0.2) is 35.6 Å². The Morgan fingerprint density at radius 2 is 1.92 bits per heavy atom. The van der Waals surface area contributed by atoms with Crippen LogP contribution < -0.4 is 0 Å². The summed E-state index contributed by atoms with van der Waals surface area (Å²) < 4.78 is 80.3. The fraction of sp³-hybridized carbons (Fsp3) is 0.500. The number of rotatable bonds is 4. The Balaban J connectivity index is 2.54. The molecule has 0 radical (unpaired) electrons. The minimum absolute atomic E-state index is 0.125. The number of halogens is 6. The molecular weight excluding hydrogens is 354 g/mol. The summed E-state index contributed by atoms with van der Waals surface area (Å²) >= 11 is 0. The van der Waals surface area contributed by atoms with Crippen molar-refractivity contribution in [2.45, 2.75) is 44.1 Å². The zero-order valence-electron chi connectivity index (χ0n) is 12.7. The standard InChI is InChI=1S/C14H12F6N4O/c1-5-7(8-2-6(15)3-9(16)11(8)17)4-10(22-23-21)14(25)24(5)13(20)12(18)19/h2-3,5,7,10,12-13H,4H2,1H3. The van der Waals surface area contributed by atoms with E-state index in [1.54, 1.807) is 0 Å². The number of nitrogens with zero attached hydrogens (tertiary/aromatic N) is 4. The Morgan fingerprint density at radius 1 is 1.28 bits per heavy atom. The lowest BCUT2D eigenvalue weighted by molar-refractivity contribution is -0.156. The van der Waals surface area contributed by atoms with Gasteiger partial charge in [-0.15, -0.1) is 0 Å². The van der Waals surface area contributed by atoms with Gasteiger partial charge >= 0.3 is 0 Å². The zero-order chi connectivity index (χ0) is 18.9. The highest BCUT2D eigenvalue weighted by molar-refractivity contribution is 5.84. The number of carbonyl (C=O) groups is 1. The summed E-state index contributed by atoms with van der Waals surface area (Å²) in [5.74, 6) is -6.55. The molecule has 0 spiro atoms. The minimum atomic E-state index is -3.56. The van der Waals surface area contributed by atoms with E-state index in [1.807, 2.05) is 0 Å². The van der Waals surface area contributed by atoms with E-state index in [9.17, 15) is 31.1 Å². The number of benzene rings is 1. The van der Waals surface area contributed by atoms with Gasteiger partial charge in [-0.05, 0) is 30.5 Å². The van der Waals surface area contributed by atoms with E-state index in [4.69, 9.17) is 5.53 Å². The van der Waals surface area contributed by atoms with Gasteiger partial charge in [0, 0.05) is 22.9 Å². The molecule has 0 aliphatic carbocycles. The van der Waals surface area contributed by atoms with Gasteiger partial charge in [0.15, 0.2) is 11.6 Å². The highest BCUT2D eigenvalue weighted by Gasteiger charge is 2.46. The lowest BCUT2D eigenvalue weighted by Gasteiger charge is -2.43. The van der Waals surface area contributed by atoms with Crippen LogP contribution in [0, 0.1) is 17.5 Å². The number of azide groups is 1. The molecule has 1 aromatic rings. The van der Waals surface area contributed by atoms with Crippen molar-refractivity contribution in [3.05, 3.63) is 45.6 Å². The van der Waals surface area contributed by atoms with E-state index in [2.05, 4.69) is 10.0 Å². The molecule has 1 heterocycles. The average molecular weight is 366 g/mol. The summed E-state index contributed by atoms with van der Waals surface area (Å²) in [7, 11) is 0. The van der Waals surface area contributed by atoms with Crippen molar-refractivity contribution in [2.75, 3.05) is 0 Å². The maximum absolute atomic E-state index is 14.0. The Morgan fingerprint density at radius 3 is 2.48 bits per heavy atom. The molecule has 25 heavy (non-hydrogen) atoms. The van der Waals surface area contributed by atoms with Crippen LogP contribution >= 0.6 is 0 Å². The Bertz CT molecular complexity index is 724. The molecule has 1 saturated heterocycles. The summed E-state index contributed by atoms with van der Waals surface area (Å²) in [6, 6.07) is -2.03. The summed E-state index contributed by atoms with van der Waals surface area (Å²) in [5, 5.41) is 3.11. The minimum Gasteiger partial charge on any atom is -0.304 e. The van der Waals surface area contributed by atoms with E-state index in [0.717, 1.165) is 6.92 Å². The van der Waals surface area contributed by atoms with Gasteiger partial charge in [0.2, 0.25) is 12.2 Å². The maximum Gasteiger partial charge on any atom is 0.287 e. The maximum atomic E-state index is 14.0. The third-order valence-electron chi connectivity index (χ3n) is 4.12. The van der Waals surface area contributed by atoms with Gasteiger partial charge in [0.1, 0.15) is 11.9 Å². The number of carbonyl (C=O) groups excluding carboxylic acids is 1. The SMILES string of the molecule is CC1C(c2cc(F)cc(F)c2F)CC(N=[N+]=[N-])C(=O)N1C(F)C(F)F.